The summed E-state index contributed by atoms with van der Waals surface area (Å²) in [7, 11) is 1.78. The molecule has 0 aliphatic rings. The minimum absolute atomic E-state index is 0.358. The SMILES string of the molecule is CCOCCNC(=NC)NCCC(C)(C)C. The molecule has 0 radical (unpaired) electrons. The molecule has 0 amide bonds. The lowest BCUT2D eigenvalue weighted by molar-refractivity contribution is 0.152. The van der Waals surface area contributed by atoms with Gasteiger partial charge in [-0.25, -0.2) is 0 Å². The molecule has 4 nitrogen and oxygen atoms in total. The Labute approximate surface area is 99.9 Å². The van der Waals surface area contributed by atoms with Crippen LogP contribution in [0.25, 0.3) is 0 Å². The molecule has 0 rings (SSSR count). The fraction of sp³-hybridized carbons (Fsp3) is 0.917. The van der Waals surface area contributed by atoms with E-state index in [0.717, 1.165) is 38.7 Å². The van der Waals surface area contributed by atoms with Crippen molar-refractivity contribution in [1.29, 1.82) is 0 Å². The van der Waals surface area contributed by atoms with E-state index in [1.54, 1.807) is 7.05 Å². The van der Waals surface area contributed by atoms with Crippen LogP contribution in [0, 0.1) is 5.41 Å². The maximum Gasteiger partial charge on any atom is 0.191 e. The van der Waals surface area contributed by atoms with E-state index in [2.05, 4.69) is 36.4 Å². The number of hydrogen-bond acceptors (Lipinski definition) is 2. The van der Waals surface area contributed by atoms with Crippen LogP contribution >= 0.6 is 0 Å². The molecule has 0 saturated carbocycles. The predicted molar refractivity (Wildman–Crippen MR) is 69.9 cm³/mol. The predicted octanol–water partition coefficient (Wildman–Crippen LogP) is 1.62. The smallest absolute Gasteiger partial charge is 0.191 e. The van der Waals surface area contributed by atoms with Gasteiger partial charge in [-0.05, 0) is 18.8 Å². The average Bonchev–Trinajstić information content (AvgIpc) is 2.20. The molecule has 0 atom stereocenters. The lowest BCUT2D eigenvalue weighted by Crippen LogP contribution is -2.40. The monoisotopic (exact) mass is 229 g/mol. The van der Waals surface area contributed by atoms with Gasteiger partial charge in [0.15, 0.2) is 5.96 Å². The molecule has 0 saturated heterocycles. The van der Waals surface area contributed by atoms with Gasteiger partial charge in [0, 0.05) is 26.7 Å². The number of nitrogens with one attached hydrogen (secondary N) is 2. The Balaban J connectivity index is 3.61. The molecule has 0 aromatic heterocycles. The summed E-state index contributed by atoms with van der Waals surface area (Å²) in [4.78, 5) is 4.14. The van der Waals surface area contributed by atoms with Gasteiger partial charge in [-0.3, -0.25) is 4.99 Å². The molecular formula is C12H27N3O. The lowest BCUT2D eigenvalue weighted by Gasteiger charge is -2.19. The summed E-state index contributed by atoms with van der Waals surface area (Å²) in [5.74, 6) is 0.851. The van der Waals surface area contributed by atoms with Crippen LogP contribution in [0.2, 0.25) is 0 Å². The molecule has 0 aromatic rings. The first-order valence-corrected chi connectivity index (χ1v) is 6.02. The van der Waals surface area contributed by atoms with Crippen LogP contribution in [0.1, 0.15) is 34.1 Å². The average molecular weight is 229 g/mol. The van der Waals surface area contributed by atoms with Crippen molar-refractivity contribution in [3.8, 4) is 0 Å². The Kier molecular flexibility index (Phi) is 7.99. The van der Waals surface area contributed by atoms with Crippen LogP contribution < -0.4 is 10.6 Å². The Hall–Kier alpha value is -0.770. The second kappa shape index (κ2) is 8.39. The Morgan fingerprint density at radius 2 is 1.81 bits per heavy atom. The van der Waals surface area contributed by atoms with Crippen molar-refractivity contribution in [2.75, 3.05) is 33.4 Å². The summed E-state index contributed by atoms with van der Waals surface area (Å²) in [5, 5.41) is 6.49. The van der Waals surface area contributed by atoms with Crippen molar-refractivity contribution in [1.82, 2.24) is 10.6 Å². The molecule has 0 aliphatic heterocycles. The van der Waals surface area contributed by atoms with Gasteiger partial charge in [0.25, 0.3) is 0 Å². The Morgan fingerprint density at radius 3 is 2.31 bits per heavy atom. The van der Waals surface area contributed by atoms with Crippen molar-refractivity contribution in [3.05, 3.63) is 0 Å². The van der Waals surface area contributed by atoms with Crippen molar-refractivity contribution in [2.45, 2.75) is 34.1 Å². The largest absolute Gasteiger partial charge is 0.380 e. The van der Waals surface area contributed by atoms with Crippen molar-refractivity contribution in [3.63, 3.8) is 0 Å². The van der Waals surface area contributed by atoms with E-state index in [9.17, 15) is 0 Å². The number of rotatable bonds is 6. The second-order valence-electron chi connectivity index (χ2n) is 4.93. The first kappa shape index (κ1) is 15.2. The highest BCUT2D eigenvalue weighted by Gasteiger charge is 2.09. The number of aliphatic imine (C=N–C) groups is 1. The lowest BCUT2D eigenvalue weighted by atomic mass is 9.92. The molecule has 0 aliphatic carbocycles. The van der Waals surface area contributed by atoms with Gasteiger partial charge >= 0.3 is 0 Å². The molecule has 0 unspecified atom stereocenters. The maximum atomic E-state index is 5.24. The van der Waals surface area contributed by atoms with E-state index in [0.29, 0.717) is 5.41 Å². The first-order valence-electron chi connectivity index (χ1n) is 6.02. The normalized spacial score (nSPS) is 12.7. The van der Waals surface area contributed by atoms with E-state index < -0.39 is 0 Å². The van der Waals surface area contributed by atoms with E-state index in [1.165, 1.54) is 0 Å². The highest BCUT2D eigenvalue weighted by atomic mass is 16.5. The van der Waals surface area contributed by atoms with Crippen molar-refractivity contribution in [2.24, 2.45) is 10.4 Å². The van der Waals surface area contributed by atoms with Gasteiger partial charge in [0.2, 0.25) is 0 Å². The number of guanidine groups is 1. The van der Waals surface area contributed by atoms with Gasteiger partial charge in [-0.1, -0.05) is 20.8 Å². The summed E-state index contributed by atoms with van der Waals surface area (Å²) in [5.41, 5.74) is 0.358. The van der Waals surface area contributed by atoms with Crippen LogP contribution in [0.4, 0.5) is 0 Å². The minimum atomic E-state index is 0.358. The fourth-order valence-electron chi connectivity index (χ4n) is 1.16. The maximum absolute atomic E-state index is 5.24. The Bertz CT molecular complexity index is 197. The topological polar surface area (TPSA) is 45.6 Å². The van der Waals surface area contributed by atoms with Crippen LogP contribution in [0.3, 0.4) is 0 Å². The van der Waals surface area contributed by atoms with Gasteiger partial charge in [0.1, 0.15) is 0 Å². The van der Waals surface area contributed by atoms with Crippen molar-refractivity contribution >= 4 is 5.96 Å². The molecule has 2 N–H and O–H groups in total. The number of ether oxygens (including phenoxy) is 1. The van der Waals surface area contributed by atoms with Crippen molar-refractivity contribution < 1.29 is 4.74 Å². The third-order valence-electron chi connectivity index (χ3n) is 2.13. The van der Waals surface area contributed by atoms with Crippen LogP contribution in [0.15, 0.2) is 4.99 Å². The standard InChI is InChI=1S/C12H27N3O/c1-6-16-10-9-15-11(13-5)14-8-7-12(2,3)4/h6-10H2,1-5H3,(H2,13,14,15). The summed E-state index contributed by atoms with van der Waals surface area (Å²) >= 11 is 0. The zero-order valence-electron chi connectivity index (χ0n) is 11.4. The summed E-state index contributed by atoms with van der Waals surface area (Å²) in [6.45, 7) is 11.9. The molecule has 0 aromatic carbocycles. The van der Waals surface area contributed by atoms with Crippen LogP contribution in [-0.4, -0.2) is 39.3 Å². The zero-order chi connectivity index (χ0) is 12.4. The summed E-state index contributed by atoms with van der Waals surface area (Å²) < 4.78 is 5.24. The fourth-order valence-corrected chi connectivity index (χ4v) is 1.16. The molecule has 0 heterocycles. The molecular weight excluding hydrogens is 202 g/mol. The highest BCUT2D eigenvalue weighted by molar-refractivity contribution is 5.79. The van der Waals surface area contributed by atoms with Crippen LogP contribution in [0.5, 0.6) is 0 Å². The van der Waals surface area contributed by atoms with E-state index in [-0.39, 0.29) is 0 Å². The summed E-state index contributed by atoms with van der Waals surface area (Å²) in [6, 6.07) is 0. The van der Waals surface area contributed by atoms with Gasteiger partial charge in [-0.15, -0.1) is 0 Å². The second-order valence-corrected chi connectivity index (χ2v) is 4.93. The molecule has 16 heavy (non-hydrogen) atoms. The highest BCUT2D eigenvalue weighted by Crippen LogP contribution is 2.16. The third kappa shape index (κ3) is 9.77. The first-order chi connectivity index (χ1) is 7.49. The quantitative estimate of drug-likeness (QED) is 0.413. The molecule has 0 spiro atoms. The van der Waals surface area contributed by atoms with Gasteiger partial charge in [-0.2, -0.15) is 0 Å². The van der Waals surface area contributed by atoms with E-state index >= 15 is 0 Å². The number of nitrogens with zero attached hydrogens (tertiary/aromatic N) is 1. The molecule has 0 fully saturated rings. The van der Waals surface area contributed by atoms with Crippen LogP contribution in [-0.2, 0) is 4.74 Å². The van der Waals surface area contributed by atoms with E-state index in [4.69, 9.17) is 4.74 Å². The van der Waals surface area contributed by atoms with E-state index in [1.807, 2.05) is 6.92 Å². The molecule has 0 bridgehead atoms. The summed E-state index contributed by atoms with van der Waals surface area (Å²) in [6.07, 6.45) is 1.12. The number of hydrogen-bond donors (Lipinski definition) is 2. The van der Waals surface area contributed by atoms with Gasteiger partial charge < -0.3 is 15.4 Å². The third-order valence-corrected chi connectivity index (χ3v) is 2.13. The zero-order valence-corrected chi connectivity index (χ0v) is 11.4. The molecule has 96 valence electrons. The minimum Gasteiger partial charge on any atom is -0.380 e. The van der Waals surface area contributed by atoms with Gasteiger partial charge in [0.05, 0.1) is 6.61 Å². The Morgan fingerprint density at radius 1 is 1.19 bits per heavy atom. The molecule has 4 heteroatoms.